The van der Waals surface area contributed by atoms with Gasteiger partial charge in [0, 0.05) is 15.1 Å². The predicted molar refractivity (Wildman–Crippen MR) is 86.8 cm³/mol. The zero-order chi connectivity index (χ0) is 13.8. The number of benzene rings is 2. The Kier molecular flexibility index (Phi) is 4.97. The van der Waals surface area contributed by atoms with E-state index in [0.29, 0.717) is 15.1 Å². The van der Waals surface area contributed by atoms with Crippen LogP contribution >= 0.6 is 43.5 Å². The molecule has 0 bridgehead atoms. The van der Waals surface area contributed by atoms with Crippen LogP contribution in [-0.4, -0.2) is 5.78 Å². The van der Waals surface area contributed by atoms with Gasteiger partial charge in [-0.05, 0) is 64.0 Å². The van der Waals surface area contributed by atoms with E-state index in [2.05, 4.69) is 31.9 Å². The van der Waals surface area contributed by atoms with Crippen molar-refractivity contribution in [1.82, 2.24) is 0 Å². The molecule has 0 spiro atoms. The van der Waals surface area contributed by atoms with Crippen LogP contribution in [0.4, 0.5) is 0 Å². The fourth-order valence-corrected chi connectivity index (χ4v) is 2.39. The third-order valence-corrected chi connectivity index (χ3v) is 3.86. The van der Waals surface area contributed by atoms with Crippen LogP contribution in [0.5, 0.6) is 0 Å². The van der Waals surface area contributed by atoms with Crippen molar-refractivity contribution in [1.29, 1.82) is 0 Å². The molecule has 0 aliphatic rings. The molecular formula is C15H9Br2ClO. The second-order valence-electron chi connectivity index (χ2n) is 3.88. The normalized spacial score (nSPS) is 11.4. The molecule has 2 rings (SSSR count). The lowest BCUT2D eigenvalue weighted by molar-refractivity contribution is 0.104. The number of rotatable bonds is 3. The van der Waals surface area contributed by atoms with E-state index in [4.69, 9.17) is 11.6 Å². The second-order valence-corrected chi connectivity index (χ2v) is 6.09. The maximum Gasteiger partial charge on any atom is 0.199 e. The van der Waals surface area contributed by atoms with Crippen LogP contribution in [0.1, 0.15) is 15.9 Å². The molecule has 0 atom stereocenters. The first-order valence-corrected chi connectivity index (χ1v) is 7.46. The smallest absolute Gasteiger partial charge is 0.199 e. The van der Waals surface area contributed by atoms with Crippen LogP contribution in [0.25, 0.3) is 6.08 Å². The molecule has 4 heteroatoms. The van der Waals surface area contributed by atoms with Gasteiger partial charge in [0.1, 0.15) is 0 Å². The molecule has 0 saturated heterocycles. The van der Waals surface area contributed by atoms with Crippen molar-refractivity contribution < 1.29 is 4.79 Å². The molecule has 0 aliphatic carbocycles. The lowest BCUT2D eigenvalue weighted by Crippen LogP contribution is -1.98. The van der Waals surface area contributed by atoms with Crippen LogP contribution in [0.3, 0.4) is 0 Å². The molecule has 0 fully saturated rings. The molecule has 0 aliphatic heterocycles. The van der Waals surface area contributed by atoms with Gasteiger partial charge < -0.3 is 0 Å². The Morgan fingerprint density at radius 1 is 1.00 bits per heavy atom. The van der Waals surface area contributed by atoms with Crippen molar-refractivity contribution in [2.24, 2.45) is 0 Å². The van der Waals surface area contributed by atoms with Crippen molar-refractivity contribution in [3.8, 4) is 0 Å². The van der Waals surface area contributed by atoms with Gasteiger partial charge in [-0.2, -0.15) is 0 Å². The quantitative estimate of drug-likeness (QED) is 0.476. The molecule has 0 saturated carbocycles. The highest BCUT2D eigenvalue weighted by Crippen LogP contribution is 2.20. The monoisotopic (exact) mass is 398 g/mol. The highest BCUT2D eigenvalue weighted by atomic mass is 79.9. The van der Waals surface area contributed by atoms with Gasteiger partial charge in [-0.1, -0.05) is 39.7 Å². The second kappa shape index (κ2) is 6.51. The lowest BCUT2D eigenvalue weighted by Gasteiger charge is -2.01. The van der Waals surface area contributed by atoms with Crippen LogP contribution in [-0.2, 0) is 0 Å². The first-order chi connectivity index (χ1) is 9.06. The van der Waals surface area contributed by atoms with Crippen LogP contribution in [0, 0.1) is 0 Å². The zero-order valence-corrected chi connectivity index (χ0v) is 13.7. The van der Waals surface area contributed by atoms with Gasteiger partial charge >= 0.3 is 0 Å². The Morgan fingerprint density at radius 3 is 2.16 bits per heavy atom. The van der Waals surface area contributed by atoms with Gasteiger partial charge in [-0.15, -0.1) is 0 Å². The Morgan fingerprint density at radius 2 is 1.58 bits per heavy atom. The van der Waals surface area contributed by atoms with Crippen molar-refractivity contribution in [3.05, 3.63) is 73.6 Å². The van der Waals surface area contributed by atoms with Gasteiger partial charge in [-0.25, -0.2) is 0 Å². The predicted octanol–water partition coefficient (Wildman–Crippen LogP) is 5.72. The molecule has 0 unspecified atom stereocenters. The van der Waals surface area contributed by atoms with Gasteiger partial charge in [0.05, 0.1) is 4.48 Å². The van der Waals surface area contributed by atoms with Crippen molar-refractivity contribution in [2.75, 3.05) is 0 Å². The van der Waals surface area contributed by atoms with E-state index in [-0.39, 0.29) is 5.78 Å². The molecule has 2 aromatic carbocycles. The highest BCUT2D eigenvalue weighted by Gasteiger charge is 2.09. The summed E-state index contributed by atoms with van der Waals surface area (Å²) in [5, 5.41) is 0.615. The van der Waals surface area contributed by atoms with Crippen LogP contribution < -0.4 is 0 Å². The molecular weight excluding hydrogens is 391 g/mol. The summed E-state index contributed by atoms with van der Waals surface area (Å²) in [6, 6.07) is 14.5. The average Bonchev–Trinajstić information content (AvgIpc) is 2.41. The van der Waals surface area contributed by atoms with Gasteiger partial charge in [0.15, 0.2) is 5.78 Å². The average molecular weight is 400 g/mol. The van der Waals surface area contributed by atoms with Gasteiger partial charge in [-0.3, -0.25) is 4.79 Å². The lowest BCUT2D eigenvalue weighted by atomic mass is 10.1. The summed E-state index contributed by atoms with van der Waals surface area (Å²) in [5.41, 5.74) is 1.56. The third-order valence-electron chi connectivity index (χ3n) is 2.49. The number of carbonyl (C=O) groups excluding carboxylic acids is 1. The molecule has 0 heterocycles. The minimum absolute atomic E-state index is 0.0698. The van der Waals surface area contributed by atoms with Crippen molar-refractivity contribution in [2.45, 2.75) is 0 Å². The molecule has 0 aromatic heterocycles. The number of allylic oxidation sites excluding steroid dienone is 1. The van der Waals surface area contributed by atoms with Crippen LogP contribution in [0.2, 0.25) is 5.02 Å². The van der Waals surface area contributed by atoms with Gasteiger partial charge in [0.25, 0.3) is 0 Å². The van der Waals surface area contributed by atoms with E-state index in [0.717, 1.165) is 10.0 Å². The first kappa shape index (κ1) is 14.5. The summed E-state index contributed by atoms with van der Waals surface area (Å²) in [5.74, 6) is -0.0698. The van der Waals surface area contributed by atoms with E-state index in [1.165, 1.54) is 0 Å². The van der Waals surface area contributed by atoms with E-state index in [9.17, 15) is 4.79 Å². The summed E-state index contributed by atoms with van der Waals surface area (Å²) in [7, 11) is 0. The van der Waals surface area contributed by atoms with Crippen molar-refractivity contribution in [3.63, 3.8) is 0 Å². The largest absolute Gasteiger partial charge is 0.288 e. The Balaban J connectivity index is 2.23. The summed E-state index contributed by atoms with van der Waals surface area (Å²) in [6.07, 6.45) is 1.80. The topological polar surface area (TPSA) is 17.1 Å². The molecule has 1 nitrogen and oxygen atoms in total. The summed E-state index contributed by atoms with van der Waals surface area (Å²) >= 11 is 12.5. The summed E-state index contributed by atoms with van der Waals surface area (Å²) < 4.78 is 1.52. The Labute approximate surface area is 133 Å². The number of hydrogen-bond donors (Lipinski definition) is 0. The Bertz CT molecular complexity index is 616. The fourth-order valence-electron chi connectivity index (χ4n) is 1.51. The summed E-state index contributed by atoms with van der Waals surface area (Å²) in [4.78, 5) is 12.2. The van der Waals surface area contributed by atoms with E-state index < -0.39 is 0 Å². The highest BCUT2D eigenvalue weighted by molar-refractivity contribution is 9.12. The van der Waals surface area contributed by atoms with E-state index in [1.807, 2.05) is 24.3 Å². The van der Waals surface area contributed by atoms with E-state index >= 15 is 0 Å². The minimum Gasteiger partial charge on any atom is -0.288 e. The number of Topliss-reactive ketones (excluding diaryl/α,β-unsaturated/α-hetero) is 1. The molecule has 19 heavy (non-hydrogen) atoms. The fraction of sp³-hybridized carbons (Fsp3) is 0. The number of halogens is 3. The number of hydrogen-bond acceptors (Lipinski definition) is 1. The number of carbonyl (C=O) groups is 1. The SMILES string of the molecule is O=C(/C(Br)=C/c1ccc(Br)cc1)c1ccc(Cl)cc1. The zero-order valence-electron chi connectivity index (χ0n) is 9.74. The standard InChI is InChI=1S/C15H9Br2ClO/c16-12-5-1-10(2-6-12)9-14(17)15(19)11-3-7-13(18)8-4-11/h1-9H/b14-9-. The van der Waals surface area contributed by atoms with E-state index in [1.54, 1.807) is 30.3 Å². The molecule has 2 aromatic rings. The first-order valence-electron chi connectivity index (χ1n) is 5.49. The maximum atomic E-state index is 12.2. The summed E-state index contributed by atoms with van der Waals surface area (Å²) in [6.45, 7) is 0. The minimum atomic E-state index is -0.0698. The molecule has 0 radical (unpaired) electrons. The maximum absolute atomic E-state index is 12.2. The third kappa shape index (κ3) is 4.03. The van der Waals surface area contributed by atoms with Gasteiger partial charge in [0.2, 0.25) is 0 Å². The molecule has 0 N–H and O–H groups in total. The van der Waals surface area contributed by atoms with Crippen molar-refractivity contribution >= 4 is 55.3 Å². The number of ketones is 1. The molecule has 96 valence electrons. The van der Waals surface area contributed by atoms with Crippen LogP contribution in [0.15, 0.2) is 57.5 Å². The Hall–Kier alpha value is -0.900. The molecule has 0 amide bonds.